The molecule has 2 aromatic carbocycles. The molecular formula is C19H23ClN2O4S. The number of hydrogen-bond acceptors (Lipinski definition) is 5. The van der Waals surface area contributed by atoms with Crippen molar-refractivity contribution in [1.29, 1.82) is 0 Å². The maximum atomic E-state index is 12.4. The summed E-state index contributed by atoms with van der Waals surface area (Å²) in [6.07, 6.45) is 0. The largest absolute Gasteiger partial charge is 0.378 e. The van der Waals surface area contributed by atoms with Crippen LogP contribution in [0, 0.1) is 0 Å². The predicted molar refractivity (Wildman–Crippen MR) is 108 cm³/mol. The Morgan fingerprint density at radius 1 is 1.07 bits per heavy atom. The van der Waals surface area contributed by atoms with E-state index in [0.717, 1.165) is 5.56 Å². The zero-order valence-corrected chi connectivity index (χ0v) is 16.4. The number of nitrogens with one attached hydrogen (secondary N) is 2. The summed E-state index contributed by atoms with van der Waals surface area (Å²) in [4.78, 5) is 12.2. The summed E-state index contributed by atoms with van der Waals surface area (Å²) in [6, 6.07) is 15.6. The molecule has 2 N–H and O–H groups in total. The molecule has 6 nitrogen and oxygen atoms in total. The van der Waals surface area contributed by atoms with E-state index in [1.54, 1.807) is 36.4 Å². The van der Waals surface area contributed by atoms with Gasteiger partial charge in [-0.3, -0.25) is 4.79 Å². The van der Waals surface area contributed by atoms with Gasteiger partial charge in [0.2, 0.25) is 5.91 Å². The number of anilines is 1. The number of morpholine rings is 1. The lowest BCUT2D eigenvalue weighted by Crippen LogP contribution is -2.48. The van der Waals surface area contributed by atoms with Gasteiger partial charge in [-0.15, -0.1) is 12.4 Å². The molecule has 1 unspecified atom stereocenters. The molecule has 0 bridgehead atoms. The average molecular weight is 411 g/mol. The highest BCUT2D eigenvalue weighted by molar-refractivity contribution is 7.89. The first-order chi connectivity index (χ1) is 12.5. The second-order valence-corrected chi connectivity index (χ2v) is 8.35. The van der Waals surface area contributed by atoms with Crippen molar-refractivity contribution < 1.29 is 17.9 Å². The van der Waals surface area contributed by atoms with Gasteiger partial charge in [-0.2, -0.15) is 0 Å². The summed E-state index contributed by atoms with van der Waals surface area (Å²) in [5, 5.41) is 5.90. The lowest BCUT2D eigenvalue weighted by Gasteiger charge is -2.23. The van der Waals surface area contributed by atoms with Crippen molar-refractivity contribution in [3.63, 3.8) is 0 Å². The number of carbonyl (C=O) groups is 1. The first-order valence-electron chi connectivity index (χ1n) is 8.47. The highest BCUT2D eigenvalue weighted by Gasteiger charge is 2.21. The van der Waals surface area contributed by atoms with E-state index in [0.29, 0.717) is 31.0 Å². The van der Waals surface area contributed by atoms with Crippen molar-refractivity contribution in [3.05, 3.63) is 65.7 Å². The molecule has 27 heavy (non-hydrogen) atoms. The zero-order valence-electron chi connectivity index (χ0n) is 14.8. The number of ether oxygens (including phenoxy) is 1. The fourth-order valence-electron chi connectivity index (χ4n) is 2.84. The van der Waals surface area contributed by atoms with E-state index < -0.39 is 15.9 Å². The Morgan fingerprint density at radius 3 is 2.48 bits per heavy atom. The van der Waals surface area contributed by atoms with Crippen LogP contribution >= 0.6 is 12.4 Å². The number of sulfone groups is 1. The van der Waals surface area contributed by atoms with Gasteiger partial charge in [-0.05, 0) is 23.3 Å². The Kier molecular flexibility index (Phi) is 7.79. The molecule has 1 heterocycles. The zero-order chi connectivity index (χ0) is 18.4. The summed E-state index contributed by atoms with van der Waals surface area (Å²) in [5.74, 6) is -0.265. The second-order valence-electron chi connectivity index (χ2n) is 6.29. The maximum absolute atomic E-state index is 12.4. The van der Waals surface area contributed by atoms with Gasteiger partial charge in [0.25, 0.3) is 0 Å². The topological polar surface area (TPSA) is 84.5 Å². The van der Waals surface area contributed by atoms with Gasteiger partial charge < -0.3 is 15.4 Å². The second kappa shape index (κ2) is 9.85. The third-order valence-electron chi connectivity index (χ3n) is 4.05. The quantitative estimate of drug-likeness (QED) is 0.762. The number of hydrogen-bond donors (Lipinski definition) is 2. The molecule has 1 aliphatic rings. The fraction of sp³-hybridized carbons (Fsp3) is 0.316. The van der Waals surface area contributed by atoms with Gasteiger partial charge in [-0.25, -0.2) is 8.42 Å². The van der Waals surface area contributed by atoms with Crippen LogP contribution in [-0.2, 0) is 30.9 Å². The first-order valence-corrected chi connectivity index (χ1v) is 10.3. The molecule has 1 atom stereocenters. The lowest BCUT2D eigenvalue weighted by molar-refractivity contribution is -0.120. The summed E-state index contributed by atoms with van der Waals surface area (Å²) < 4.78 is 30.2. The molecule has 146 valence electrons. The standard InChI is InChI=1S/C19H22N2O4S.ClH/c22-19(18-12-25-10-9-20-18)21-17-8-4-7-16(11-17)14-26(23,24)13-15-5-2-1-3-6-15;/h1-8,11,18,20H,9-10,12-14H2,(H,21,22);1H. The SMILES string of the molecule is Cl.O=C(Nc1cccc(CS(=O)(=O)Cc2ccccc2)c1)C1COCCN1. The Balaban J connectivity index is 0.00000261. The van der Waals surface area contributed by atoms with Crippen LogP contribution in [0.5, 0.6) is 0 Å². The number of halogens is 1. The van der Waals surface area contributed by atoms with Crippen LogP contribution in [0.2, 0.25) is 0 Å². The van der Waals surface area contributed by atoms with Gasteiger partial charge in [0.1, 0.15) is 6.04 Å². The van der Waals surface area contributed by atoms with Crippen LogP contribution < -0.4 is 10.6 Å². The predicted octanol–water partition coefficient (Wildman–Crippen LogP) is 2.15. The molecule has 0 saturated carbocycles. The number of amides is 1. The third-order valence-corrected chi connectivity index (χ3v) is 5.59. The molecule has 0 aromatic heterocycles. The molecule has 2 aromatic rings. The van der Waals surface area contributed by atoms with Crippen LogP contribution in [0.25, 0.3) is 0 Å². The van der Waals surface area contributed by atoms with Crippen LogP contribution in [0.1, 0.15) is 11.1 Å². The molecule has 0 spiro atoms. The van der Waals surface area contributed by atoms with E-state index in [4.69, 9.17) is 4.74 Å². The lowest BCUT2D eigenvalue weighted by atomic mass is 10.2. The van der Waals surface area contributed by atoms with E-state index in [2.05, 4.69) is 10.6 Å². The third kappa shape index (κ3) is 6.62. The summed E-state index contributed by atoms with van der Waals surface area (Å²) in [5.41, 5.74) is 1.99. The van der Waals surface area contributed by atoms with Gasteiger partial charge in [0.15, 0.2) is 9.84 Å². The Bertz CT molecular complexity index is 853. The normalized spacial score (nSPS) is 17.0. The number of carbonyl (C=O) groups excluding carboxylic acids is 1. The molecule has 1 aliphatic heterocycles. The molecule has 1 amide bonds. The molecule has 8 heteroatoms. The van der Waals surface area contributed by atoms with Crippen LogP contribution in [-0.4, -0.2) is 40.1 Å². The average Bonchev–Trinajstić information content (AvgIpc) is 2.62. The smallest absolute Gasteiger partial charge is 0.243 e. The van der Waals surface area contributed by atoms with Crippen molar-refractivity contribution in [2.24, 2.45) is 0 Å². The van der Waals surface area contributed by atoms with Gasteiger partial charge in [0, 0.05) is 12.2 Å². The Labute approximate surface area is 165 Å². The summed E-state index contributed by atoms with van der Waals surface area (Å²) in [6.45, 7) is 1.56. The Morgan fingerprint density at radius 2 is 1.78 bits per heavy atom. The minimum Gasteiger partial charge on any atom is -0.378 e. The number of rotatable bonds is 6. The van der Waals surface area contributed by atoms with E-state index in [1.165, 1.54) is 0 Å². The maximum Gasteiger partial charge on any atom is 0.243 e. The number of benzene rings is 2. The van der Waals surface area contributed by atoms with Gasteiger partial charge in [-0.1, -0.05) is 42.5 Å². The van der Waals surface area contributed by atoms with Gasteiger partial charge in [0.05, 0.1) is 24.7 Å². The van der Waals surface area contributed by atoms with Crippen LogP contribution in [0.3, 0.4) is 0 Å². The van der Waals surface area contributed by atoms with Crippen molar-refractivity contribution in [3.8, 4) is 0 Å². The first kappa shape index (κ1) is 21.4. The Hall–Kier alpha value is -1.93. The van der Waals surface area contributed by atoms with E-state index in [1.807, 2.05) is 18.2 Å². The molecular weight excluding hydrogens is 388 g/mol. The molecule has 1 fully saturated rings. The van der Waals surface area contributed by atoms with Crippen molar-refractivity contribution >= 4 is 33.8 Å². The minimum absolute atomic E-state index is 0. The molecule has 0 aliphatic carbocycles. The fourth-order valence-corrected chi connectivity index (χ4v) is 4.33. The summed E-state index contributed by atoms with van der Waals surface area (Å²) in [7, 11) is -3.30. The van der Waals surface area contributed by atoms with Crippen molar-refractivity contribution in [2.75, 3.05) is 25.1 Å². The van der Waals surface area contributed by atoms with Gasteiger partial charge >= 0.3 is 0 Å². The minimum atomic E-state index is -3.30. The van der Waals surface area contributed by atoms with E-state index in [-0.39, 0.29) is 29.8 Å². The van der Waals surface area contributed by atoms with E-state index >= 15 is 0 Å². The van der Waals surface area contributed by atoms with Crippen LogP contribution in [0.15, 0.2) is 54.6 Å². The highest BCUT2D eigenvalue weighted by Crippen LogP contribution is 2.16. The molecule has 3 rings (SSSR count). The molecule has 0 radical (unpaired) electrons. The van der Waals surface area contributed by atoms with E-state index in [9.17, 15) is 13.2 Å². The van der Waals surface area contributed by atoms with Crippen molar-refractivity contribution in [1.82, 2.24) is 5.32 Å². The van der Waals surface area contributed by atoms with Crippen LogP contribution in [0.4, 0.5) is 5.69 Å². The van der Waals surface area contributed by atoms with Crippen molar-refractivity contribution in [2.45, 2.75) is 17.5 Å². The highest BCUT2D eigenvalue weighted by atomic mass is 35.5. The monoisotopic (exact) mass is 410 g/mol. The summed E-state index contributed by atoms with van der Waals surface area (Å²) >= 11 is 0. The molecule has 1 saturated heterocycles.